The van der Waals surface area contributed by atoms with Crippen molar-refractivity contribution in [2.75, 3.05) is 5.32 Å². The van der Waals surface area contributed by atoms with Gasteiger partial charge >= 0.3 is 0 Å². The van der Waals surface area contributed by atoms with Crippen LogP contribution in [0.2, 0.25) is 0 Å². The third-order valence-corrected chi connectivity index (χ3v) is 5.74. The molecule has 2 aromatic rings. The fourth-order valence-electron chi connectivity index (χ4n) is 2.18. The van der Waals surface area contributed by atoms with E-state index in [9.17, 15) is 8.42 Å². The van der Waals surface area contributed by atoms with E-state index in [1.54, 1.807) is 17.4 Å². The Morgan fingerprint density at radius 1 is 1.29 bits per heavy atom. The summed E-state index contributed by atoms with van der Waals surface area (Å²) in [6.07, 6.45) is 0. The van der Waals surface area contributed by atoms with E-state index in [1.807, 2.05) is 0 Å². The van der Waals surface area contributed by atoms with Crippen LogP contribution in [0, 0.1) is 13.8 Å². The summed E-state index contributed by atoms with van der Waals surface area (Å²) in [6, 6.07) is 7.03. The van der Waals surface area contributed by atoms with Crippen LogP contribution in [0.1, 0.15) is 28.3 Å². The molecule has 0 fully saturated rings. The van der Waals surface area contributed by atoms with Crippen LogP contribution in [0.15, 0.2) is 33.6 Å². The van der Waals surface area contributed by atoms with Gasteiger partial charge in [0, 0.05) is 26.0 Å². The molecule has 0 amide bonds. The lowest BCUT2D eigenvalue weighted by molar-refractivity contribution is 0.598. The van der Waals surface area contributed by atoms with Crippen molar-refractivity contribution >= 4 is 43.0 Å². The third-order valence-electron chi connectivity index (χ3n) is 3.19. The molecule has 114 valence electrons. The van der Waals surface area contributed by atoms with Crippen molar-refractivity contribution in [2.24, 2.45) is 5.14 Å². The molecular formula is C14H17BrN2O2S2. The Hall–Kier alpha value is -0.890. The third kappa shape index (κ3) is 3.85. The number of hydrogen-bond acceptors (Lipinski definition) is 4. The van der Waals surface area contributed by atoms with E-state index in [0.29, 0.717) is 4.47 Å². The Kier molecular flexibility index (Phi) is 4.77. The highest BCUT2D eigenvalue weighted by Crippen LogP contribution is 2.32. The summed E-state index contributed by atoms with van der Waals surface area (Å²) >= 11 is 5.16. The molecule has 0 saturated carbocycles. The molecule has 0 bridgehead atoms. The van der Waals surface area contributed by atoms with E-state index in [0.717, 1.165) is 5.69 Å². The van der Waals surface area contributed by atoms with Crippen molar-refractivity contribution in [1.82, 2.24) is 0 Å². The monoisotopic (exact) mass is 388 g/mol. The fraction of sp³-hybridized carbons (Fsp3) is 0.286. The van der Waals surface area contributed by atoms with Crippen LogP contribution >= 0.6 is 27.3 Å². The molecule has 0 saturated heterocycles. The Balaban J connectivity index is 2.26. The molecule has 1 aromatic carbocycles. The lowest BCUT2D eigenvalue weighted by atomic mass is 10.1. The maximum absolute atomic E-state index is 11.3. The summed E-state index contributed by atoms with van der Waals surface area (Å²) in [5, 5.41) is 8.51. The topological polar surface area (TPSA) is 72.2 Å². The maximum atomic E-state index is 11.3. The van der Waals surface area contributed by atoms with Gasteiger partial charge in [0.2, 0.25) is 10.0 Å². The number of benzene rings is 1. The zero-order valence-electron chi connectivity index (χ0n) is 12.0. The molecule has 4 nitrogen and oxygen atoms in total. The molecule has 0 radical (unpaired) electrons. The standard InChI is InChI=1S/C14H17BrN2O2S2/c1-8-6-12(10(3)20-8)9(2)17-14-5-4-11(7-13(14)15)21(16,18)19/h4-7,9,17H,1-3H3,(H2,16,18,19). The highest BCUT2D eigenvalue weighted by atomic mass is 79.9. The molecule has 2 rings (SSSR count). The number of nitrogens with one attached hydrogen (secondary N) is 1. The first-order valence-corrected chi connectivity index (χ1v) is 9.50. The average Bonchev–Trinajstić information content (AvgIpc) is 2.69. The smallest absolute Gasteiger partial charge is 0.238 e. The summed E-state index contributed by atoms with van der Waals surface area (Å²) in [4.78, 5) is 2.65. The number of nitrogens with two attached hydrogens (primary N) is 1. The highest BCUT2D eigenvalue weighted by molar-refractivity contribution is 9.10. The molecule has 0 aliphatic heterocycles. The van der Waals surface area contributed by atoms with E-state index in [2.05, 4.69) is 48.1 Å². The van der Waals surface area contributed by atoms with Crippen molar-refractivity contribution in [2.45, 2.75) is 31.7 Å². The first-order valence-electron chi connectivity index (χ1n) is 6.34. The number of thiophene rings is 1. The molecule has 3 N–H and O–H groups in total. The second-order valence-corrected chi connectivity index (χ2v) is 8.80. The molecule has 0 spiro atoms. The SMILES string of the molecule is Cc1cc(C(C)Nc2ccc(S(N)(=O)=O)cc2Br)c(C)s1. The normalized spacial score (nSPS) is 13.2. The van der Waals surface area contributed by atoms with Crippen LogP contribution in [0.25, 0.3) is 0 Å². The second kappa shape index (κ2) is 6.08. The fourth-order valence-corrected chi connectivity index (χ4v) is 4.39. The minimum atomic E-state index is -3.68. The van der Waals surface area contributed by atoms with Gasteiger partial charge in [0.05, 0.1) is 4.90 Å². The number of aryl methyl sites for hydroxylation is 2. The van der Waals surface area contributed by atoms with Crippen molar-refractivity contribution in [1.29, 1.82) is 0 Å². The van der Waals surface area contributed by atoms with Gasteiger partial charge in [-0.1, -0.05) is 0 Å². The van der Waals surface area contributed by atoms with Crippen LogP contribution in [0.3, 0.4) is 0 Å². The summed E-state index contributed by atoms with van der Waals surface area (Å²) in [5.41, 5.74) is 2.08. The van der Waals surface area contributed by atoms with Crippen LogP contribution in [-0.4, -0.2) is 8.42 Å². The van der Waals surface area contributed by atoms with E-state index in [4.69, 9.17) is 5.14 Å². The molecule has 1 heterocycles. The van der Waals surface area contributed by atoms with E-state index >= 15 is 0 Å². The first kappa shape index (κ1) is 16.5. The second-order valence-electron chi connectivity index (χ2n) is 4.92. The lowest BCUT2D eigenvalue weighted by Crippen LogP contribution is -2.13. The van der Waals surface area contributed by atoms with Crippen LogP contribution in [0.5, 0.6) is 0 Å². The van der Waals surface area contributed by atoms with E-state index in [1.165, 1.54) is 27.5 Å². The zero-order chi connectivity index (χ0) is 15.8. The van der Waals surface area contributed by atoms with E-state index < -0.39 is 10.0 Å². The minimum absolute atomic E-state index is 0.0927. The molecule has 21 heavy (non-hydrogen) atoms. The average molecular weight is 389 g/mol. The molecule has 0 aliphatic carbocycles. The minimum Gasteiger partial charge on any atom is -0.378 e. The molecule has 1 atom stereocenters. The molecule has 1 aromatic heterocycles. The first-order chi connectivity index (χ1) is 9.68. The Morgan fingerprint density at radius 2 is 1.95 bits per heavy atom. The lowest BCUT2D eigenvalue weighted by Gasteiger charge is -2.17. The van der Waals surface area contributed by atoms with Gasteiger partial charge < -0.3 is 5.32 Å². The number of primary sulfonamides is 1. The van der Waals surface area contributed by atoms with Gasteiger partial charge in [-0.15, -0.1) is 11.3 Å². The van der Waals surface area contributed by atoms with Gasteiger partial charge in [0.1, 0.15) is 0 Å². The summed E-state index contributed by atoms with van der Waals surface area (Å²) < 4.78 is 23.3. The van der Waals surface area contributed by atoms with Crippen LogP contribution in [0.4, 0.5) is 5.69 Å². The number of rotatable bonds is 4. The molecule has 7 heteroatoms. The van der Waals surface area contributed by atoms with Gasteiger partial charge in [0.15, 0.2) is 0 Å². The summed E-state index contributed by atoms with van der Waals surface area (Å²) in [7, 11) is -3.68. The van der Waals surface area contributed by atoms with Crippen molar-refractivity contribution in [3.05, 3.63) is 44.1 Å². The van der Waals surface area contributed by atoms with Crippen molar-refractivity contribution < 1.29 is 8.42 Å². The van der Waals surface area contributed by atoms with Gasteiger partial charge in [-0.05, 0) is 66.5 Å². The predicted molar refractivity (Wildman–Crippen MR) is 91.3 cm³/mol. The highest BCUT2D eigenvalue weighted by Gasteiger charge is 2.14. The van der Waals surface area contributed by atoms with Gasteiger partial charge in [0.25, 0.3) is 0 Å². The van der Waals surface area contributed by atoms with E-state index in [-0.39, 0.29) is 10.9 Å². The number of hydrogen-bond donors (Lipinski definition) is 2. The summed E-state index contributed by atoms with van der Waals surface area (Å²) in [6.45, 7) is 6.27. The largest absolute Gasteiger partial charge is 0.378 e. The molecular weight excluding hydrogens is 372 g/mol. The Bertz CT molecular complexity index is 769. The van der Waals surface area contributed by atoms with Gasteiger partial charge in [-0.3, -0.25) is 0 Å². The number of anilines is 1. The van der Waals surface area contributed by atoms with Gasteiger partial charge in [-0.25, -0.2) is 13.6 Å². The van der Waals surface area contributed by atoms with Crippen LogP contribution < -0.4 is 10.5 Å². The zero-order valence-corrected chi connectivity index (χ0v) is 15.2. The number of sulfonamides is 1. The molecule has 1 unspecified atom stereocenters. The number of halogens is 1. The quantitative estimate of drug-likeness (QED) is 0.832. The van der Waals surface area contributed by atoms with Crippen molar-refractivity contribution in [3.8, 4) is 0 Å². The van der Waals surface area contributed by atoms with Gasteiger partial charge in [-0.2, -0.15) is 0 Å². The summed E-state index contributed by atoms with van der Waals surface area (Å²) in [5.74, 6) is 0. The van der Waals surface area contributed by atoms with Crippen molar-refractivity contribution in [3.63, 3.8) is 0 Å². The Morgan fingerprint density at radius 3 is 2.43 bits per heavy atom. The predicted octanol–water partition coefficient (Wildman–Crippen LogP) is 3.95. The van der Waals surface area contributed by atoms with Crippen LogP contribution in [-0.2, 0) is 10.0 Å². The Labute approximate surface area is 137 Å². The molecule has 0 aliphatic rings. The maximum Gasteiger partial charge on any atom is 0.238 e.